The number of hydrogen-bond donors (Lipinski definition) is 2. The summed E-state index contributed by atoms with van der Waals surface area (Å²) in [5.74, 6) is 0. The molecular formula is C12H21Cl2NO. The molecule has 0 aromatic heterocycles. The molecule has 0 atom stereocenters. The Bertz CT molecular complexity index is 267. The van der Waals surface area contributed by atoms with Gasteiger partial charge in [0.05, 0.1) is 16.8 Å². The maximum Gasteiger partial charge on any atom is 0.0934 e. The van der Waals surface area contributed by atoms with Crippen LogP contribution >= 0.6 is 23.2 Å². The smallest absolute Gasteiger partial charge is 0.0934 e. The second-order valence-corrected chi connectivity index (χ2v) is 3.15. The van der Waals surface area contributed by atoms with Crippen LogP contribution in [0.4, 0.5) is 0 Å². The van der Waals surface area contributed by atoms with Crippen molar-refractivity contribution in [2.45, 2.75) is 34.2 Å². The Kier molecular flexibility index (Phi) is 14.5. The van der Waals surface area contributed by atoms with Crippen LogP contribution in [0.15, 0.2) is 18.2 Å². The van der Waals surface area contributed by atoms with E-state index in [1.54, 1.807) is 12.1 Å². The standard InChI is InChI=1S/C8H9Cl2NO.2C2H6/c9-7-2-1-6(3-8(7)10)4-11-5-12;2*1-2/h1-3,11-12H,4-5H2;2*1-2H3. The molecule has 0 fully saturated rings. The molecule has 94 valence electrons. The molecular weight excluding hydrogens is 245 g/mol. The minimum atomic E-state index is -0.0414. The van der Waals surface area contributed by atoms with Gasteiger partial charge in [-0.05, 0) is 17.7 Å². The van der Waals surface area contributed by atoms with Gasteiger partial charge in [-0.15, -0.1) is 0 Å². The number of hydrogen-bond acceptors (Lipinski definition) is 2. The first-order valence-electron chi connectivity index (χ1n) is 5.49. The number of aliphatic hydroxyl groups is 1. The van der Waals surface area contributed by atoms with E-state index in [-0.39, 0.29) is 6.73 Å². The van der Waals surface area contributed by atoms with Crippen molar-refractivity contribution < 1.29 is 5.11 Å². The molecule has 0 radical (unpaired) electrons. The van der Waals surface area contributed by atoms with Gasteiger partial charge in [0.1, 0.15) is 0 Å². The first-order chi connectivity index (χ1) is 7.74. The second kappa shape index (κ2) is 12.8. The van der Waals surface area contributed by atoms with Crippen molar-refractivity contribution in [1.29, 1.82) is 0 Å². The number of rotatable bonds is 3. The summed E-state index contributed by atoms with van der Waals surface area (Å²) in [6.45, 7) is 8.55. The Morgan fingerprint density at radius 3 is 2.06 bits per heavy atom. The SMILES string of the molecule is CC.CC.OCNCc1ccc(Cl)c(Cl)c1. The monoisotopic (exact) mass is 265 g/mol. The van der Waals surface area contributed by atoms with Gasteiger partial charge in [0.25, 0.3) is 0 Å². The lowest BCUT2D eigenvalue weighted by Crippen LogP contribution is -2.13. The van der Waals surface area contributed by atoms with E-state index in [4.69, 9.17) is 28.3 Å². The highest BCUT2D eigenvalue weighted by Gasteiger charge is 1.97. The van der Waals surface area contributed by atoms with Gasteiger partial charge in [0.15, 0.2) is 0 Å². The lowest BCUT2D eigenvalue weighted by Gasteiger charge is -2.02. The summed E-state index contributed by atoms with van der Waals surface area (Å²) < 4.78 is 0. The molecule has 0 saturated heterocycles. The fraction of sp³-hybridized carbons (Fsp3) is 0.500. The molecule has 2 N–H and O–H groups in total. The van der Waals surface area contributed by atoms with Crippen LogP contribution in [0.5, 0.6) is 0 Å². The Morgan fingerprint density at radius 1 is 1.06 bits per heavy atom. The number of nitrogens with one attached hydrogen (secondary N) is 1. The molecule has 0 heterocycles. The molecule has 0 aliphatic rings. The van der Waals surface area contributed by atoms with Gasteiger partial charge in [-0.25, -0.2) is 0 Å². The van der Waals surface area contributed by atoms with E-state index < -0.39 is 0 Å². The summed E-state index contributed by atoms with van der Waals surface area (Å²) in [6, 6.07) is 5.36. The summed E-state index contributed by atoms with van der Waals surface area (Å²) in [6.07, 6.45) is 0. The summed E-state index contributed by atoms with van der Waals surface area (Å²) in [5.41, 5.74) is 0.999. The molecule has 1 aromatic rings. The first-order valence-corrected chi connectivity index (χ1v) is 6.25. The lowest BCUT2D eigenvalue weighted by atomic mass is 10.2. The van der Waals surface area contributed by atoms with E-state index in [2.05, 4.69) is 5.32 Å². The van der Waals surface area contributed by atoms with E-state index in [1.165, 1.54) is 0 Å². The number of halogens is 2. The third kappa shape index (κ3) is 7.94. The van der Waals surface area contributed by atoms with Gasteiger partial charge in [-0.2, -0.15) is 0 Å². The summed E-state index contributed by atoms with van der Waals surface area (Å²) >= 11 is 11.5. The van der Waals surface area contributed by atoms with Crippen molar-refractivity contribution in [2.75, 3.05) is 6.73 Å². The average molecular weight is 266 g/mol. The highest BCUT2D eigenvalue weighted by Crippen LogP contribution is 2.22. The second-order valence-electron chi connectivity index (χ2n) is 2.33. The average Bonchev–Trinajstić information content (AvgIpc) is 2.36. The molecule has 0 bridgehead atoms. The van der Waals surface area contributed by atoms with E-state index >= 15 is 0 Å². The van der Waals surface area contributed by atoms with Gasteiger partial charge in [-0.3, -0.25) is 5.32 Å². The molecule has 1 aromatic carbocycles. The molecule has 0 aliphatic carbocycles. The highest BCUT2D eigenvalue weighted by atomic mass is 35.5. The largest absolute Gasteiger partial charge is 0.381 e. The molecule has 0 aliphatic heterocycles. The fourth-order valence-corrected chi connectivity index (χ4v) is 1.17. The van der Waals surface area contributed by atoms with Crippen LogP contribution in [0.3, 0.4) is 0 Å². The predicted molar refractivity (Wildman–Crippen MR) is 73.1 cm³/mol. The van der Waals surface area contributed by atoms with Crippen molar-refractivity contribution >= 4 is 23.2 Å². The van der Waals surface area contributed by atoms with Gasteiger partial charge in [0, 0.05) is 6.54 Å². The van der Waals surface area contributed by atoms with E-state index in [0.717, 1.165) is 5.56 Å². The molecule has 0 spiro atoms. The third-order valence-electron chi connectivity index (χ3n) is 1.42. The van der Waals surface area contributed by atoms with Crippen molar-refractivity contribution in [1.82, 2.24) is 5.32 Å². The topological polar surface area (TPSA) is 32.3 Å². The zero-order valence-corrected chi connectivity index (χ0v) is 11.9. The van der Waals surface area contributed by atoms with E-state index in [0.29, 0.717) is 16.6 Å². The molecule has 2 nitrogen and oxygen atoms in total. The number of aliphatic hydroxyl groups excluding tert-OH is 1. The molecule has 16 heavy (non-hydrogen) atoms. The maximum atomic E-state index is 8.48. The van der Waals surface area contributed by atoms with Crippen molar-refractivity contribution in [3.8, 4) is 0 Å². The summed E-state index contributed by atoms with van der Waals surface area (Å²) in [5, 5.41) is 12.3. The molecule has 1 rings (SSSR count). The van der Waals surface area contributed by atoms with E-state index in [9.17, 15) is 0 Å². The molecule has 0 amide bonds. The minimum absolute atomic E-state index is 0.0414. The summed E-state index contributed by atoms with van der Waals surface area (Å²) in [4.78, 5) is 0. The van der Waals surface area contributed by atoms with Crippen LogP contribution in [0.25, 0.3) is 0 Å². The Hall–Kier alpha value is -0.280. The Labute approximate surface area is 109 Å². The van der Waals surface area contributed by atoms with Crippen molar-refractivity contribution in [2.24, 2.45) is 0 Å². The maximum absolute atomic E-state index is 8.48. The molecule has 0 unspecified atom stereocenters. The van der Waals surface area contributed by atoms with Gasteiger partial charge < -0.3 is 5.11 Å². The van der Waals surface area contributed by atoms with Gasteiger partial charge >= 0.3 is 0 Å². The van der Waals surface area contributed by atoms with E-state index in [1.807, 2.05) is 33.8 Å². The first kappa shape index (κ1) is 18.1. The minimum Gasteiger partial charge on any atom is -0.381 e. The number of benzene rings is 1. The zero-order chi connectivity index (χ0) is 13.0. The van der Waals surface area contributed by atoms with Crippen molar-refractivity contribution in [3.05, 3.63) is 33.8 Å². The molecule has 0 saturated carbocycles. The Balaban J connectivity index is 0. The van der Waals surface area contributed by atoms with Crippen LogP contribution in [0, 0.1) is 0 Å². The highest BCUT2D eigenvalue weighted by molar-refractivity contribution is 6.41. The Morgan fingerprint density at radius 2 is 1.62 bits per heavy atom. The van der Waals surface area contributed by atoms with Crippen molar-refractivity contribution in [3.63, 3.8) is 0 Å². The zero-order valence-electron chi connectivity index (χ0n) is 10.3. The summed E-state index contributed by atoms with van der Waals surface area (Å²) in [7, 11) is 0. The van der Waals surface area contributed by atoms with Gasteiger partial charge in [0.2, 0.25) is 0 Å². The third-order valence-corrected chi connectivity index (χ3v) is 2.16. The lowest BCUT2D eigenvalue weighted by molar-refractivity contribution is 0.259. The van der Waals surface area contributed by atoms with Crippen LogP contribution in [-0.4, -0.2) is 11.8 Å². The predicted octanol–water partition coefficient (Wildman–Crippen LogP) is 4.09. The quantitative estimate of drug-likeness (QED) is 0.808. The normalized spacial score (nSPS) is 8.44. The van der Waals surface area contributed by atoms with Crippen LogP contribution in [0.2, 0.25) is 10.0 Å². The van der Waals surface area contributed by atoms with Crippen LogP contribution < -0.4 is 5.32 Å². The fourth-order valence-electron chi connectivity index (χ4n) is 0.850. The van der Waals surface area contributed by atoms with Gasteiger partial charge in [-0.1, -0.05) is 57.0 Å². The molecule has 4 heteroatoms. The van der Waals surface area contributed by atoms with Crippen LogP contribution in [0.1, 0.15) is 33.3 Å². The van der Waals surface area contributed by atoms with Crippen LogP contribution in [-0.2, 0) is 6.54 Å².